The van der Waals surface area contributed by atoms with Gasteiger partial charge in [0.25, 0.3) is 0 Å². The quantitative estimate of drug-likeness (QED) is 0.709. The van der Waals surface area contributed by atoms with Gasteiger partial charge in [-0.1, -0.05) is 39.3 Å². The molecule has 0 fully saturated rings. The zero-order valence-corrected chi connectivity index (χ0v) is 9.94. The molecule has 0 aliphatic rings. The molecule has 0 heterocycles. The highest BCUT2D eigenvalue weighted by Crippen LogP contribution is 2.11. The maximum atomic E-state index is 5.64. The molecule has 0 spiro atoms. The molecule has 1 N–H and O–H groups in total. The molecule has 1 rings (SSSR count). The second-order valence-electron chi connectivity index (χ2n) is 1.76. The van der Waals surface area contributed by atoms with Gasteiger partial charge < -0.3 is 5.32 Å². The van der Waals surface area contributed by atoms with Gasteiger partial charge in [0, 0.05) is 17.8 Å². The van der Waals surface area contributed by atoms with Crippen molar-refractivity contribution in [3.8, 4) is 0 Å². The second kappa shape index (κ2) is 11.3. The van der Waals surface area contributed by atoms with E-state index in [1.807, 2.05) is 59.0 Å². The van der Waals surface area contributed by atoms with Crippen molar-refractivity contribution >= 4 is 17.3 Å². The van der Waals surface area contributed by atoms with Gasteiger partial charge in [-0.2, -0.15) is 0 Å². The van der Waals surface area contributed by atoms with Crippen LogP contribution >= 0.6 is 11.6 Å². The van der Waals surface area contributed by atoms with Crippen LogP contribution in [0.3, 0.4) is 0 Å². The largest absolute Gasteiger partial charge is 0.388 e. The first-order valence-electron chi connectivity index (χ1n) is 4.76. The lowest BCUT2D eigenvalue weighted by Gasteiger charge is -1.96. The van der Waals surface area contributed by atoms with Crippen molar-refractivity contribution in [1.82, 2.24) is 0 Å². The highest BCUT2D eigenvalue weighted by Gasteiger charge is 1.85. The normalized spacial score (nSPS) is 7.23. The van der Waals surface area contributed by atoms with E-state index in [9.17, 15) is 0 Å². The molecule has 0 unspecified atom stereocenters. The van der Waals surface area contributed by atoms with E-state index >= 15 is 0 Å². The summed E-state index contributed by atoms with van der Waals surface area (Å²) in [6.07, 6.45) is 0. The van der Waals surface area contributed by atoms with Crippen LogP contribution in [-0.2, 0) is 0 Å². The average Bonchev–Trinajstić information content (AvgIpc) is 2.25. The number of nitrogens with one attached hydrogen (secondary N) is 1. The molecule has 0 aliphatic heterocycles. The minimum absolute atomic E-state index is 0.772. The van der Waals surface area contributed by atoms with Gasteiger partial charge in [0.05, 0.1) is 0 Å². The molecule has 1 aromatic rings. The van der Waals surface area contributed by atoms with Crippen LogP contribution in [0, 0.1) is 0 Å². The van der Waals surface area contributed by atoms with Gasteiger partial charge in [-0.15, -0.1) is 0 Å². The van der Waals surface area contributed by atoms with E-state index < -0.39 is 0 Å². The smallest absolute Gasteiger partial charge is 0.0407 e. The van der Waals surface area contributed by atoms with Crippen molar-refractivity contribution in [3.63, 3.8) is 0 Å². The third-order valence-corrected chi connectivity index (χ3v) is 1.38. The molecule has 2 heteroatoms. The SMILES string of the molecule is CC.CC.CNc1ccc(Cl)cc1. The Bertz CT molecular complexity index is 182. The highest BCUT2D eigenvalue weighted by molar-refractivity contribution is 6.30. The summed E-state index contributed by atoms with van der Waals surface area (Å²) in [6, 6.07) is 7.57. The standard InChI is InChI=1S/C7H8ClN.2C2H6/c1-9-7-4-2-6(8)3-5-7;2*1-2/h2-5,9H,1H3;2*1-2H3. The zero-order valence-electron chi connectivity index (χ0n) is 9.19. The third-order valence-electron chi connectivity index (χ3n) is 1.13. The summed E-state index contributed by atoms with van der Waals surface area (Å²) >= 11 is 5.64. The number of hydrogen-bond donors (Lipinski definition) is 1. The number of rotatable bonds is 1. The average molecular weight is 202 g/mol. The Morgan fingerprint density at radius 3 is 1.62 bits per heavy atom. The number of hydrogen-bond acceptors (Lipinski definition) is 1. The molecule has 1 aromatic carbocycles. The van der Waals surface area contributed by atoms with Crippen molar-refractivity contribution in [3.05, 3.63) is 29.3 Å². The van der Waals surface area contributed by atoms with Crippen LogP contribution in [0.4, 0.5) is 5.69 Å². The molecule has 0 radical (unpaired) electrons. The maximum Gasteiger partial charge on any atom is 0.0407 e. The second-order valence-corrected chi connectivity index (χ2v) is 2.19. The van der Waals surface area contributed by atoms with Crippen LogP contribution in [0.1, 0.15) is 27.7 Å². The summed E-state index contributed by atoms with van der Waals surface area (Å²) in [5, 5.41) is 3.77. The Morgan fingerprint density at radius 1 is 0.923 bits per heavy atom. The van der Waals surface area contributed by atoms with Crippen molar-refractivity contribution in [1.29, 1.82) is 0 Å². The lowest BCUT2D eigenvalue weighted by Crippen LogP contribution is -1.84. The summed E-state index contributed by atoms with van der Waals surface area (Å²) in [5.41, 5.74) is 1.08. The maximum absolute atomic E-state index is 5.64. The van der Waals surface area contributed by atoms with E-state index in [1.165, 1.54) is 0 Å². The molecular weight excluding hydrogens is 182 g/mol. The van der Waals surface area contributed by atoms with Gasteiger partial charge in [-0.3, -0.25) is 0 Å². The summed E-state index contributed by atoms with van der Waals surface area (Å²) in [6.45, 7) is 8.00. The van der Waals surface area contributed by atoms with Crippen molar-refractivity contribution in [2.75, 3.05) is 12.4 Å². The van der Waals surface area contributed by atoms with E-state index in [0.29, 0.717) is 0 Å². The van der Waals surface area contributed by atoms with E-state index in [0.717, 1.165) is 10.7 Å². The summed E-state index contributed by atoms with van der Waals surface area (Å²) in [7, 11) is 1.88. The fraction of sp³-hybridized carbons (Fsp3) is 0.455. The van der Waals surface area contributed by atoms with E-state index in [2.05, 4.69) is 5.32 Å². The first-order chi connectivity index (χ1) is 6.33. The van der Waals surface area contributed by atoms with E-state index in [-0.39, 0.29) is 0 Å². The molecule has 1 nitrogen and oxygen atoms in total. The monoisotopic (exact) mass is 201 g/mol. The zero-order chi connectivity index (χ0) is 10.7. The van der Waals surface area contributed by atoms with Gasteiger partial charge in [-0.05, 0) is 24.3 Å². The Kier molecular flexibility index (Phi) is 12.9. The van der Waals surface area contributed by atoms with Crippen LogP contribution in [0.15, 0.2) is 24.3 Å². The number of anilines is 1. The molecule has 0 bridgehead atoms. The number of benzene rings is 1. The summed E-state index contributed by atoms with van der Waals surface area (Å²) < 4.78 is 0. The van der Waals surface area contributed by atoms with Crippen LogP contribution < -0.4 is 5.32 Å². The minimum atomic E-state index is 0.772. The molecular formula is C11H20ClN. The Balaban J connectivity index is 0. The molecule has 0 atom stereocenters. The minimum Gasteiger partial charge on any atom is -0.388 e. The lowest BCUT2D eigenvalue weighted by atomic mass is 10.3. The Hall–Kier alpha value is -0.690. The van der Waals surface area contributed by atoms with Crippen LogP contribution in [0.25, 0.3) is 0 Å². The predicted molar refractivity (Wildman–Crippen MR) is 63.7 cm³/mol. The van der Waals surface area contributed by atoms with Gasteiger partial charge in [0.2, 0.25) is 0 Å². The Labute approximate surface area is 87.1 Å². The molecule has 0 amide bonds. The Morgan fingerprint density at radius 2 is 1.31 bits per heavy atom. The molecule has 0 aliphatic carbocycles. The lowest BCUT2D eigenvalue weighted by molar-refractivity contribution is 1.50. The first kappa shape index (κ1) is 14.8. The van der Waals surface area contributed by atoms with Gasteiger partial charge in [0.15, 0.2) is 0 Å². The summed E-state index contributed by atoms with van der Waals surface area (Å²) in [5.74, 6) is 0. The highest BCUT2D eigenvalue weighted by atomic mass is 35.5. The van der Waals surface area contributed by atoms with Gasteiger partial charge in [-0.25, -0.2) is 0 Å². The first-order valence-corrected chi connectivity index (χ1v) is 5.14. The third kappa shape index (κ3) is 7.66. The molecule has 0 aromatic heterocycles. The predicted octanol–water partition coefficient (Wildman–Crippen LogP) is 4.43. The fourth-order valence-electron chi connectivity index (χ4n) is 0.617. The van der Waals surface area contributed by atoms with Crippen molar-refractivity contribution < 1.29 is 0 Å². The van der Waals surface area contributed by atoms with E-state index in [4.69, 9.17) is 11.6 Å². The van der Waals surface area contributed by atoms with Gasteiger partial charge >= 0.3 is 0 Å². The molecule has 0 saturated heterocycles. The van der Waals surface area contributed by atoms with Gasteiger partial charge in [0.1, 0.15) is 0 Å². The molecule has 13 heavy (non-hydrogen) atoms. The molecule has 0 saturated carbocycles. The fourth-order valence-corrected chi connectivity index (χ4v) is 0.743. The van der Waals surface area contributed by atoms with E-state index in [1.54, 1.807) is 0 Å². The van der Waals surface area contributed by atoms with Crippen LogP contribution in [0.2, 0.25) is 5.02 Å². The summed E-state index contributed by atoms with van der Waals surface area (Å²) in [4.78, 5) is 0. The van der Waals surface area contributed by atoms with Crippen LogP contribution in [0.5, 0.6) is 0 Å². The topological polar surface area (TPSA) is 12.0 Å². The number of halogens is 1. The van der Waals surface area contributed by atoms with Crippen molar-refractivity contribution in [2.24, 2.45) is 0 Å². The molecule has 76 valence electrons. The van der Waals surface area contributed by atoms with Crippen molar-refractivity contribution in [2.45, 2.75) is 27.7 Å². The van der Waals surface area contributed by atoms with Crippen LogP contribution in [-0.4, -0.2) is 7.05 Å².